The Morgan fingerprint density at radius 3 is 2.67 bits per heavy atom. The van der Waals surface area contributed by atoms with Gasteiger partial charge in [-0.05, 0) is 20.8 Å². The van der Waals surface area contributed by atoms with Gasteiger partial charge in [-0.2, -0.15) is 0 Å². The van der Waals surface area contributed by atoms with Crippen LogP contribution in [0.15, 0.2) is 6.33 Å². The van der Waals surface area contributed by atoms with E-state index in [1.807, 2.05) is 13.8 Å². The highest BCUT2D eigenvalue weighted by Crippen LogP contribution is 2.11. The van der Waals surface area contributed by atoms with Crippen molar-refractivity contribution in [2.45, 2.75) is 27.2 Å². The Morgan fingerprint density at radius 1 is 1.39 bits per heavy atom. The van der Waals surface area contributed by atoms with E-state index in [9.17, 15) is 9.18 Å². The SMILES string of the molecule is CCN(CC)C(=O)CCNc1ncnc(C)c1F. The lowest BCUT2D eigenvalue weighted by atomic mass is 10.3. The smallest absolute Gasteiger partial charge is 0.224 e. The molecule has 0 saturated heterocycles. The summed E-state index contributed by atoms with van der Waals surface area (Å²) in [5, 5.41) is 2.81. The molecule has 0 unspecified atom stereocenters. The zero-order valence-electron chi connectivity index (χ0n) is 11.0. The quantitative estimate of drug-likeness (QED) is 0.837. The first-order chi connectivity index (χ1) is 8.60. The van der Waals surface area contributed by atoms with Crippen molar-refractivity contribution < 1.29 is 9.18 Å². The van der Waals surface area contributed by atoms with Gasteiger partial charge in [0.15, 0.2) is 11.6 Å². The van der Waals surface area contributed by atoms with E-state index in [1.165, 1.54) is 6.33 Å². The normalized spacial score (nSPS) is 10.2. The van der Waals surface area contributed by atoms with E-state index < -0.39 is 5.82 Å². The molecule has 0 aliphatic carbocycles. The van der Waals surface area contributed by atoms with Gasteiger partial charge in [0.2, 0.25) is 5.91 Å². The van der Waals surface area contributed by atoms with Crippen LogP contribution in [0.2, 0.25) is 0 Å². The molecule has 6 heteroatoms. The van der Waals surface area contributed by atoms with Gasteiger partial charge >= 0.3 is 0 Å². The molecule has 0 spiro atoms. The third kappa shape index (κ3) is 3.65. The van der Waals surface area contributed by atoms with Gasteiger partial charge in [0, 0.05) is 26.1 Å². The van der Waals surface area contributed by atoms with Crippen LogP contribution in [0.5, 0.6) is 0 Å². The van der Waals surface area contributed by atoms with Crippen molar-refractivity contribution in [3.8, 4) is 0 Å². The number of nitrogens with one attached hydrogen (secondary N) is 1. The summed E-state index contributed by atoms with van der Waals surface area (Å²) >= 11 is 0. The second-order valence-electron chi connectivity index (χ2n) is 3.86. The number of carbonyl (C=O) groups is 1. The van der Waals surface area contributed by atoms with E-state index in [4.69, 9.17) is 0 Å². The third-order valence-electron chi connectivity index (χ3n) is 2.71. The lowest BCUT2D eigenvalue weighted by molar-refractivity contribution is -0.130. The van der Waals surface area contributed by atoms with E-state index in [0.717, 1.165) is 0 Å². The number of carbonyl (C=O) groups excluding carboxylic acids is 1. The maximum Gasteiger partial charge on any atom is 0.224 e. The van der Waals surface area contributed by atoms with Gasteiger partial charge in [-0.3, -0.25) is 4.79 Å². The Balaban J connectivity index is 2.47. The average molecular weight is 254 g/mol. The summed E-state index contributed by atoms with van der Waals surface area (Å²) < 4.78 is 13.5. The molecule has 1 aromatic heterocycles. The second kappa shape index (κ2) is 6.88. The summed E-state index contributed by atoms with van der Waals surface area (Å²) in [4.78, 5) is 21.0. The van der Waals surface area contributed by atoms with Crippen LogP contribution in [-0.2, 0) is 4.79 Å². The fourth-order valence-electron chi connectivity index (χ4n) is 1.60. The highest BCUT2D eigenvalue weighted by molar-refractivity contribution is 5.76. The number of hydrogen-bond acceptors (Lipinski definition) is 4. The molecule has 1 aromatic rings. The molecule has 5 nitrogen and oxygen atoms in total. The van der Waals surface area contributed by atoms with E-state index in [2.05, 4.69) is 15.3 Å². The van der Waals surface area contributed by atoms with E-state index in [0.29, 0.717) is 31.7 Å². The number of anilines is 1. The molecule has 100 valence electrons. The van der Waals surface area contributed by atoms with Gasteiger partial charge in [0.25, 0.3) is 0 Å². The zero-order chi connectivity index (χ0) is 13.5. The number of amides is 1. The lowest BCUT2D eigenvalue weighted by Gasteiger charge is -2.18. The van der Waals surface area contributed by atoms with Crippen molar-refractivity contribution in [3.63, 3.8) is 0 Å². The highest BCUT2D eigenvalue weighted by atomic mass is 19.1. The molecule has 1 rings (SSSR count). The first kappa shape index (κ1) is 14.3. The fourth-order valence-corrected chi connectivity index (χ4v) is 1.60. The van der Waals surface area contributed by atoms with Crippen LogP contribution >= 0.6 is 0 Å². The lowest BCUT2D eigenvalue weighted by Crippen LogP contribution is -2.31. The largest absolute Gasteiger partial charge is 0.367 e. The highest BCUT2D eigenvalue weighted by Gasteiger charge is 2.10. The maximum absolute atomic E-state index is 13.5. The summed E-state index contributed by atoms with van der Waals surface area (Å²) in [6.07, 6.45) is 1.62. The van der Waals surface area contributed by atoms with Crippen LogP contribution in [0.1, 0.15) is 26.0 Å². The van der Waals surface area contributed by atoms with Crippen molar-refractivity contribution in [3.05, 3.63) is 17.8 Å². The first-order valence-corrected chi connectivity index (χ1v) is 6.08. The second-order valence-corrected chi connectivity index (χ2v) is 3.86. The molecular formula is C12H19FN4O. The third-order valence-corrected chi connectivity index (χ3v) is 2.71. The summed E-state index contributed by atoms with van der Waals surface area (Å²) in [5.74, 6) is -0.263. The van der Waals surface area contributed by atoms with Gasteiger partial charge < -0.3 is 10.2 Å². The minimum absolute atomic E-state index is 0.0543. The Labute approximate surface area is 106 Å². The average Bonchev–Trinajstić information content (AvgIpc) is 2.36. The molecule has 0 bridgehead atoms. The summed E-state index contributed by atoms with van der Waals surface area (Å²) in [5.41, 5.74) is 0.294. The van der Waals surface area contributed by atoms with E-state index in [1.54, 1.807) is 11.8 Å². The first-order valence-electron chi connectivity index (χ1n) is 6.08. The van der Waals surface area contributed by atoms with E-state index >= 15 is 0 Å². The molecule has 0 fully saturated rings. The Bertz CT molecular complexity index is 407. The zero-order valence-corrected chi connectivity index (χ0v) is 11.0. The molecular weight excluding hydrogens is 235 g/mol. The van der Waals surface area contributed by atoms with Crippen LogP contribution in [-0.4, -0.2) is 40.4 Å². The van der Waals surface area contributed by atoms with Crippen molar-refractivity contribution in [2.24, 2.45) is 0 Å². The maximum atomic E-state index is 13.5. The predicted molar refractivity (Wildman–Crippen MR) is 67.8 cm³/mol. The van der Waals surface area contributed by atoms with Crippen LogP contribution in [0.3, 0.4) is 0 Å². The molecule has 0 radical (unpaired) electrons. The van der Waals surface area contributed by atoms with Gasteiger partial charge in [-0.15, -0.1) is 0 Å². The monoisotopic (exact) mass is 254 g/mol. The Hall–Kier alpha value is -1.72. The molecule has 0 aliphatic heterocycles. The molecule has 0 atom stereocenters. The van der Waals surface area contributed by atoms with Crippen molar-refractivity contribution >= 4 is 11.7 Å². The number of rotatable bonds is 6. The Kier molecular flexibility index (Phi) is 5.48. The molecule has 0 aliphatic rings. The van der Waals surface area contributed by atoms with Crippen LogP contribution in [0, 0.1) is 12.7 Å². The van der Waals surface area contributed by atoms with Crippen molar-refractivity contribution in [1.29, 1.82) is 0 Å². The van der Waals surface area contributed by atoms with Crippen molar-refractivity contribution in [2.75, 3.05) is 25.0 Å². The molecule has 1 N–H and O–H groups in total. The number of halogens is 1. The van der Waals surface area contributed by atoms with Gasteiger partial charge in [0.1, 0.15) is 6.33 Å². The number of nitrogens with zero attached hydrogens (tertiary/aromatic N) is 3. The van der Waals surface area contributed by atoms with Gasteiger partial charge in [-0.1, -0.05) is 0 Å². The topological polar surface area (TPSA) is 58.1 Å². The molecule has 1 heterocycles. The summed E-state index contributed by atoms with van der Waals surface area (Å²) in [6.45, 7) is 7.18. The molecule has 1 amide bonds. The Morgan fingerprint density at radius 2 is 2.06 bits per heavy atom. The van der Waals surface area contributed by atoms with Gasteiger partial charge in [0.05, 0.1) is 5.69 Å². The molecule has 18 heavy (non-hydrogen) atoms. The van der Waals surface area contributed by atoms with Gasteiger partial charge in [-0.25, -0.2) is 14.4 Å². The standard InChI is InChI=1S/C12H19FN4O/c1-4-17(5-2)10(18)6-7-14-12-11(13)9(3)15-8-16-12/h8H,4-7H2,1-3H3,(H,14,15,16). The minimum Gasteiger partial charge on any atom is -0.367 e. The van der Waals surface area contributed by atoms with E-state index in [-0.39, 0.29) is 11.7 Å². The van der Waals surface area contributed by atoms with Crippen LogP contribution in [0.4, 0.5) is 10.2 Å². The minimum atomic E-state index is -0.465. The summed E-state index contributed by atoms with van der Waals surface area (Å²) in [6, 6.07) is 0. The number of aryl methyl sites for hydroxylation is 1. The molecule has 0 saturated carbocycles. The predicted octanol–water partition coefficient (Wildman–Crippen LogP) is 1.59. The van der Waals surface area contributed by atoms with Crippen LogP contribution < -0.4 is 5.32 Å². The number of aromatic nitrogens is 2. The number of hydrogen-bond donors (Lipinski definition) is 1. The van der Waals surface area contributed by atoms with Crippen LogP contribution in [0.25, 0.3) is 0 Å². The molecule has 0 aromatic carbocycles. The summed E-state index contributed by atoms with van der Waals surface area (Å²) in [7, 11) is 0. The van der Waals surface area contributed by atoms with Crippen molar-refractivity contribution in [1.82, 2.24) is 14.9 Å². The fraction of sp³-hybridized carbons (Fsp3) is 0.583.